The summed E-state index contributed by atoms with van der Waals surface area (Å²) in [5.74, 6) is 0.740. The Hall–Kier alpha value is -3.64. The van der Waals surface area contributed by atoms with Crippen LogP contribution in [0.5, 0.6) is 5.75 Å². The summed E-state index contributed by atoms with van der Waals surface area (Å²) in [5, 5.41) is 3.00. The Morgan fingerprint density at radius 1 is 1.06 bits per heavy atom. The molecule has 0 spiro atoms. The van der Waals surface area contributed by atoms with Crippen LogP contribution in [-0.2, 0) is 6.54 Å². The minimum atomic E-state index is -0.0922. The van der Waals surface area contributed by atoms with Gasteiger partial charge in [-0.05, 0) is 49.7 Å². The summed E-state index contributed by atoms with van der Waals surface area (Å²) in [6.45, 7) is 4.46. The van der Waals surface area contributed by atoms with Crippen molar-refractivity contribution in [2.24, 2.45) is 0 Å². The van der Waals surface area contributed by atoms with Crippen molar-refractivity contribution >= 4 is 32.4 Å². The number of fused-ring (bicyclic) bond motifs is 3. The normalized spacial score (nSPS) is 11.3. The number of hydrogen-bond donors (Lipinski definition) is 1. The average Bonchev–Trinajstić information content (AvgIpc) is 3.36. The molecule has 0 aliphatic rings. The lowest BCUT2D eigenvalue weighted by atomic mass is 10.1. The average molecular weight is 442 g/mol. The van der Waals surface area contributed by atoms with Crippen molar-refractivity contribution in [2.75, 3.05) is 0 Å². The summed E-state index contributed by atoms with van der Waals surface area (Å²) in [6, 6.07) is 23.7. The highest BCUT2D eigenvalue weighted by Gasteiger charge is 2.13. The lowest BCUT2D eigenvalue weighted by molar-refractivity contribution is 0.0951. The van der Waals surface area contributed by atoms with E-state index in [1.165, 1.54) is 0 Å². The molecule has 6 heteroatoms. The highest BCUT2D eigenvalue weighted by atomic mass is 32.1. The second-order valence-corrected chi connectivity index (χ2v) is 8.93. The second-order valence-electron chi connectivity index (χ2n) is 7.92. The Bertz CT molecular complexity index is 1390. The van der Waals surface area contributed by atoms with Crippen molar-refractivity contribution in [1.29, 1.82) is 0 Å². The summed E-state index contributed by atoms with van der Waals surface area (Å²) >= 11 is 1.59. The summed E-state index contributed by atoms with van der Waals surface area (Å²) in [6.07, 6.45) is 2.19. The first-order valence-electron chi connectivity index (χ1n) is 10.6. The fourth-order valence-electron chi connectivity index (χ4n) is 3.63. The third-order valence-electron chi connectivity index (χ3n) is 5.17. The summed E-state index contributed by atoms with van der Waals surface area (Å²) in [4.78, 5) is 18.4. The van der Waals surface area contributed by atoms with E-state index in [1.807, 2.05) is 74.5 Å². The zero-order valence-electron chi connectivity index (χ0n) is 17.9. The number of thiazole rings is 1. The van der Waals surface area contributed by atoms with Gasteiger partial charge in [-0.1, -0.05) is 53.8 Å². The van der Waals surface area contributed by atoms with Gasteiger partial charge in [-0.3, -0.25) is 9.20 Å². The van der Waals surface area contributed by atoms with Crippen molar-refractivity contribution in [2.45, 2.75) is 26.5 Å². The number of nitrogens with one attached hydrogen (secondary N) is 1. The van der Waals surface area contributed by atoms with E-state index < -0.39 is 0 Å². The summed E-state index contributed by atoms with van der Waals surface area (Å²) < 4.78 is 8.79. The predicted octanol–water partition coefficient (Wildman–Crippen LogP) is 5.93. The lowest BCUT2D eigenvalue weighted by Gasteiger charge is -2.10. The molecule has 32 heavy (non-hydrogen) atoms. The third kappa shape index (κ3) is 4.09. The molecule has 0 unspecified atom stereocenters. The molecule has 5 nitrogen and oxygen atoms in total. The van der Waals surface area contributed by atoms with Gasteiger partial charge in [-0.15, -0.1) is 0 Å². The fraction of sp³-hybridized carbons (Fsp3) is 0.154. The Balaban J connectivity index is 1.31. The van der Waals surface area contributed by atoms with Crippen LogP contribution in [0.4, 0.5) is 0 Å². The van der Waals surface area contributed by atoms with Gasteiger partial charge in [0.15, 0.2) is 4.96 Å². The number of aromatic nitrogens is 2. The van der Waals surface area contributed by atoms with E-state index in [0.717, 1.165) is 37.7 Å². The molecule has 0 radical (unpaired) electrons. The minimum Gasteiger partial charge on any atom is -0.491 e. The van der Waals surface area contributed by atoms with Gasteiger partial charge >= 0.3 is 0 Å². The van der Waals surface area contributed by atoms with Crippen molar-refractivity contribution in [3.8, 4) is 17.0 Å². The minimum absolute atomic E-state index is 0.0922. The molecule has 0 saturated carbocycles. The molecule has 1 N–H and O–H groups in total. The number of imidazole rings is 1. The second kappa shape index (κ2) is 8.48. The highest BCUT2D eigenvalue weighted by molar-refractivity contribution is 7.23. The maximum Gasteiger partial charge on any atom is 0.251 e. The van der Waals surface area contributed by atoms with Gasteiger partial charge in [0.1, 0.15) is 5.75 Å². The molecular weight excluding hydrogens is 418 g/mol. The molecule has 2 aromatic heterocycles. The molecule has 5 rings (SSSR count). The standard InChI is InChI=1S/C26H23N3O2S/c1-17(2)31-21-11-8-18(9-12-21)15-27-25(30)20-10-13-23-24(14-20)32-26-28-22(16-29(23)26)19-6-4-3-5-7-19/h3-14,16-17H,15H2,1-2H3,(H,27,30). The van der Waals surface area contributed by atoms with Gasteiger partial charge in [0, 0.05) is 23.9 Å². The maximum absolute atomic E-state index is 12.7. The maximum atomic E-state index is 12.7. The Morgan fingerprint density at radius 3 is 2.59 bits per heavy atom. The van der Waals surface area contributed by atoms with Crippen molar-refractivity contribution < 1.29 is 9.53 Å². The predicted molar refractivity (Wildman–Crippen MR) is 129 cm³/mol. The van der Waals surface area contributed by atoms with Crippen LogP contribution in [0.3, 0.4) is 0 Å². The van der Waals surface area contributed by atoms with Crippen LogP contribution in [0.1, 0.15) is 29.8 Å². The van der Waals surface area contributed by atoms with Crippen LogP contribution in [0.25, 0.3) is 26.4 Å². The van der Waals surface area contributed by atoms with Crippen LogP contribution >= 0.6 is 11.3 Å². The molecule has 0 bridgehead atoms. The number of carbonyl (C=O) groups excluding carboxylic acids is 1. The SMILES string of the molecule is CC(C)Oc1ccc(CNC(=O)c2ccc3c(c2)sc2nc(-c4ccccc4)cn23)cc1. The number of benzene rings is 3. The van der Waals surface area contributed by atoms with Crippen LogP contribution in [0, 0.1) is 0 Å². The molecule has 0 saturated heterocycles. The largest absolute Gasteiger partial charge is 0.491 e. The molecule has 3 aromatic carbocycles. The fourth-order valence-corrected chi connectivity index (χ4v) is 4.68. The molecule has 5 aromatic rings. The van der Waals surface area contributed by atoms with E-state index in [1.54, 1.807) is 11.3 Å². The first-order valence-corrected chi connectivity index (χ1v) is 11.4. The summed E-state index contributed by atoms with van der Waals surface area (Å²) in [5.41, 5.74) is 4.77. The number of amides is 1. The van der Waals surface area contributed by atoms with Gasteiger partial charge in [0.2, 0.25) is 0 Å². The topological polar surface area (TPSA) is 55.6 Å². The molecular formula is C26H23N3O2S. The van der Waals surface area contributed by atoms with E-state index >= 15 is 0 Å². The molecule has 0 fully saturated rings. The number of carbonyl (C=O) groups is 1. The van der Waals surface area contributed by atoms with Gasteiger partial charge < -0.3 is 10.1 Å². The van der Waals surface area contributed by atoms with Gasteiger partial charge in [0.05, 0.1) is 22.0 Å². The first-order chi connectivity index (χ1) is 15.6. The zero-order chi connectivity index (χ0) is 22.1. The van der Waals surface area contributed by atoms with E-state index in [2.05, 4.69) is 28.0 Å². The van der Waals surface area contributed by atoms with Crippen LogP contribution in [0.2, 0.25) is 0 Å². The number of hydrogen-bond acceptors (Lipinski definition) is 4. The third-order valence-corrected chi connectivity index (χ3v) is 6.19. The monoisotopic (exact) mass is 441 g/mol. The lowest BCUT2D eigenvalue weighted by Crippen LogP contribution is -2.22. The number of ether oxygens (including phenoxy) is 1. The molecule has 1 amide bonds. The zero-order valence-corrected chi connectivity index (χ0v) is 18.7. The van der Waals surface area contributed by atoms with Gasteiger partial charge in [-0.2, -0.15) is 0 Å². The quantitative estimate of drug-likeness (QED) is 0.355. The van der Waals surface area contributed by atoms with Crippen molar-refractivity contribution in [1.82, 2.24) is 14.7 Å². The molecule has 0 atom stereocenters. The molecule has 2 heterocycles. The van der Waals surface area contributed by atoms with E-state index in [-0.39, 0.29) is 12.0 Å². The molecule has 160 valence electrons. The van der Waals surface area contributed by atoms with Crippen molar-refractivity contribution in [3.05, 3.63) is 90.1 Å². The van der Waals surface area contributed by atoms with E-state index in [9.17, 15) is 4.79 Å². The van der Waals surface area contributed by atoms with E-state index in [0.29, 0.717) is 12.1 Å². The van der Waals surface area contributed by atoms with Gasteiger partial charge in [0.25, 0.3) is 5.91 Å². The Kier molecular flexibility index (Phi) is 5.37. The Labute approximate surface area is 190 Å². The molecule has 0 aliphatic carbocycles. The van der Waals surface area contributed by atoms with Gasteiger partial charge in [-0.25, -0.2) is 4.98 Å². The van der Waals surface area contributed by atoms with Crippen LogP contribution in [-0.4, -0.2) is 21.4 Å². The van der Waals surface area contributed by atoms with E-state index in [4.69, 9.17) is 9.72 Å². The first kappa shape index (κ1) is 20.3. The highest BCUT2D eigenvalue weighted by Crippen LogP contribution is 2.30. The van der Waals surface area contributed by atoms with Crippen LogP contribution < -0.4 is 10.1 Å². The van der Waals surface area contributed by atoms with Crippen LogP contribution in [0.15, 0.2) is 79.0 Å². The summed E-state index contributed by atoms with van der Waals surface area (Å²) in [7, 11) is 0. The number of rotatable bonds is 6. The van der Waals surface area contributed by atoms with Crippen molar-refractivity contribution in [3.63, 3.8) is 0 Å². The smallest absolute Gasteiger partial charge is 0.251 e. The Morgan fingerprint density at radius 2 is 1.84 bits per heavy atom. The number of nitrogens with zero attached hydrogens (tertiary/aromatic N) is 2. The molecule has 0 aliphatic heterocycles.